The van der Waals surface area contributed by atoms with Gasteiger partial charge in [0.1, 0.15) is 22.2 Å². The van der Waals surface area contributed by atoms with E-state index in [1.807, 2.05) is 0 Å². The number of hydrogen-bond acceptors (Lipinski definition) is 5. The van der Waals surface area contributed by atoms with E-state index in [1.54, 1.807) is 26.2 Å². The van der Waals surface area contributed by atoms with Crippen LogP contribution in [0.3, 0.4) is 0 Å². The standard InChI is InChI=1S/C12H17N3O4S/c1-8-10(7-16)12(9(2)19-8)20(17,18)15-4-3-11-13-5-6-14-11/h5-6,15-16H,3-4,7H2,1-2H3,(H,13,14). The van der Waals surface area contributed by atoms with Crippen LogP contribution < -0.4 is 4.72 Å². The van der Waals surface area contributed by atoms with Gasteiger partial charge in [-0.15, -0.1) is 0 Å². The Hall–Kier alpha value is -1.64. The van der Waals surface area contributed by atoms with Crippen LogP contribution in [0.5, 0.6) is 0 Å². The zero-order valence-corrected chi connectivity index (χ0v) is 12.1. The molecule has 0 atom stereocenters. The number of sulfonamides is 1. The van der Waals surface area contributed by atoms with E-state index in [2.05, 4.69) is 14.7 Å². The van der Waals surface area contributed by atoms with E-state index < -0.39 is 10.0 Å². The second-order valence-electron chi connectivity index (χ2n) is 4.36. The molecule has 20 heavy (non-hydrogen) atoms. The average molecular weight is 299 g/mol. The SMILES string of the molecule is Cc1oc(C)c(S(=O)(=O)NCCc2ncc[nH]2)c1CO. The smallest absolute Gasteiger partial charge is 0.244 e. The fourth-order valence-corrected chi connectivity index (χ4v) is 3.52. The highest BCUT2D eigenvalue weighted by atomic mass is 32.2. The molecule has 2 heterocycles. The Bertz CT molecular complexity index is 674. The normalized spacial score (nSPS) is 11.9. The lowest BCUT2D eigenvalue weighted by molar-refractivity contribution is 0.276. The number of nitrogens with zero attached hydrogens (tertiary/aromatic N) is 1. The van der Waals surface area contributed by atoms with Crippen LogP contribution in [0.1, 0.15) is 22.9 Å². The van der Waals surface area contributed by atoms with Crippen molar-refractivity contribution < 1.29 is 17.9 Å². The maximum Gasteiger partial charge on any atom is 0.244 e. The lowest BCUT2D eigenvalue weighted by atomic mass is 10.2. The average Bonchev–Trinajstić information content (AvgIpc) is 2.96. The van der Waals surface area contributed by atoms with E-state index in [0.717, 1.165) is 0 Å². The van der Waals surface area contributed by atoms with Gasteiger partial charge >= 0.3 is 0 Å². The Morgan fingerprint density at radius 1 is 1.40 bits per heavy atom. The number of aliphatic hydroxyl groups excluding tert-OH is 1. The van der Waals surface area contributed by atoms with Crippen molar-refractivity contribution in [2.45, 2.75) is 31.8 Å². The van der Waals surface area contributed by atoms with Crippen LogP contribution in [0.2, 0.25) is 0 Å². The van der Waals surface area contributed by atoms with Crippen LogP contribution in [0, 0.1) is 13.8 Å². The third-order valence-electron chi connectivity index (χ3n) is 2.96. The first-order valence-electron chi connectivity index (χ1n) is 6.13. The molecule has 2 aromatic heterocycles. The highest BCUT2D eigenvalue weighted by Gasteiger charge is 2.26. The van der Waals surface area contributed by atoms with Gasteiger partial charge in [-0.3, -0.25) is 0 Å². The molecule has 0 aliphatic carbocycles. The van der Waals surface area contributed by atoms with Gasteiger partial charge in [-0.1, -0.05) is 0 Å². The fraction of sp³-hybridized carbons (Fsp3) is 0.417. The summed E-state index contributed by atoms with van der Waals surface area (Å²) in [5, 5.41) is 9.28. The third-order valence-corrected chi connectivity index (χ3v) is 4.62. The minimum absolute atomic E-state index is 0.0249. The zero-order valence-electron chi connectivity index (χ0n) is 11.3. The van der Waals surface area contributed by atoms with Crippen LogP contribution in [-0.2, 0) is 23.1 Å². The fourth-order valence-electron chi connectivity index (χ4n) is 2.06. The first-order chi connectivity index (χ1) is 9.45. The maximum absolute atomic E-state index is 12.3. The number of aromatic amines is 1. The minimum atomic E-state index is -3.71. The molecular formula is C12H17N3O4S. The zero-order chi connectivity index (χ0) is 14.8. The van der Waals surface area contributed by atoms with E-state index in [-0.39, 0.29) is 23.8 Å². The van der Waals surface area contributed by atoms with Crippen molar-refractivity contribution in [3.8, 4) is 0 Å². The quantitative estimate of drug-likeness (QED) is 0.725. The summed E-state index contributed by atoms with van der Waals surface area (Å²) in [4.78, 5) is 6.94. The van der Waals surface area contributed by atoms with Crippen LogP contribution >= 0.6 is 0 Å². The number of aromatic nitrogens is 2. The summed E-state index contributed by atoms with van der Waals surface area (Å²) in [7, 11) is -3.71. The highest BCUT2D eigenvalue weighted by molar-refractivity contribution is 7.89. The van der Waals surface area contributed by atoms with E-state index in [1.165, 1.54) is 0 Å². The van der Waals surface area contributed by atoms with Crippen molar-refractivity contribution in [3.05, 3.63) is 35.3 Å². The summed E-state index contributed by atoms with van der Waals surface area (Å²) < 4.78 is 32.3. The van der Waals surface area contributed by atoms with Gasteiger partial charge in [-0.25, -0.2) is 18.1 Å². The number of hydrogen-bond donors (Lipinski definition) is 3. The largest absolute Gasteiger partial charge is 0.465 e. The number of furan rings is 1. The molecule has 0 aliphatic rings. The number of aliphatic hydroxyl groups is 1. The summed E-state index contributed by atoms with van der Waals surface area (Å²) in [5.74, 6) is 1.39. The van der Waals surface area contributed by atoms with Gasteiger partial charge in [0, 0.05) is 30.9 Å². The van der Waals surface area contributed by atoms with Crippen molar-refractivity contribution in [1.29, 1.82) is 0 Å². The van der Waals surface area contributed by atoms with Gasteiger partial charge in [-0.2, -0.15) is 0 Å². The Morgan fingerprint density at radius 3 is 2.75 bits per heavy atom. The molecule has 8 heteroatoms. The van der Waals surface area contributed by atoms with Crippen LogP contribution in [0.25, 0.3) is 0 Å². The molecule has 0 radical (unpaired) electrons. The van der Waals surface area contributed by atoms with Gasteiger partial charge < -0.3 is 14.5 Å². The molecule has 2 aromatic rings. The maximum atomic E-state index is 12.3. The molecule has 0 saturated carbocycles. The van der Waals surface area contributed by atoms with Crippen LogP contribution in [0.15, 0.2) is 21.7 Å². The van der Waals surface area contributed by atoms with Gasteiger partial charge in [0.15, 0.2) is 0 Å². The molecule has 3 N–H and O–H groups in total. The predicted octanol–water partition coefficient (Wildman–Crippen LogP) is 0.633. The number of nitrogens with one attached hydrogen (secondary N) is 2. The van der Waals surface area contributed by atoms with Crippen molar-refractivity contribution >= 4 is 10.0 Å². The van der Waals surface area contributed by atoms with Crippen molar-refractivity contribution in [1.82, 2.24) is 14.7 Å². The summed E-state index contributed by atoms with van der Waals surface area (Å²) in [6, 6.07) is 0. The molecule has 0 aliphatic heterocycles. The first kappa shape index (κ1) is 14.8. The van der Waals surface area contributed by atoms with Gasteiger partial charge in [0.05, 0.1) is 6.61 Å². The van der Waals surface area contributed by atoms with Crippen LogP contribution in [0.4, 0.5) is 0 Å². The molecule has 0 aromatic carbocycles. The minimum Gasteiger partial charge on any atom is -0.465 e. The second kappa shape index (κ2) is 5.78. The molecular weight excluding hydrogens is 282 g/mol. The monoisotopic (exact) mass is 299 g/mol. The van der Waals surface area contributed by atoms with E-state index >= 15 is 0 Å². The van der Waals surface area contributed by atoms with Crippen LogP contribution in [-0.4, -0.2) is 30.0 Å². The second-order valence-corrected chi connectivity index (χ2v) is 6.07. The van der Waals surface area contributed by atoms with Gasteiger partial charge in [0.25, 0.3) is 0 Å². The van der Waals surface area contributed by atoms with Gasteiger partial charge in [0.2, 0.25) is 10.0 Å². The molecule has 0 saturated heterocycles. The van der Waals surface area contributed by atoms with E-state index in [4.69, 9.17) is 4.42 Å². The Balaban J connectivity index is 2.14. The molecule has 2 rings (SSSR count). The third kappa shape index (κ3) is 2.92. The highest BCUT2D eigenvalue weighted by Crippen LogP contribution is 2.26. The molecule has 0 fully saturated rings. The Morgan fingerprint density at radius 2 is 2.15 bits per heavy atom. The van der Waals surface area contributed by atoms with E-state index in [9.17, 15) is 13.5 Å². The van der Waals surface area contributed by atoms with Crippen molar-refractivity contribution in [2.24, 2.45) is 0 Å². The number of rotatable bonds is 6. The number of H-pyrrole nitrogens is 1. The first-order valence-corrected chi connectivity index (χ1v) is 7.61. The summed E-state index contributed by atoms with van der Waals surface area (Å²) in [6.45, 7) is 3.02. The molecule has 0 unspecified atom stereocenters. The predicted molar refractivity (Wildman–Crippen MR) is 71.6 cm³/mol. The van der Waals surface area contributed by atoms with Crippen molar-refractivity contribution in [3.63, 3.8) is 0 Å². The molecule has 0 spiro atoms. The summed E-state index contributed by atoms with van der Waals surface area (Å²) in [6.07, 6.45) is 3.74. The Kier molecular flexibility index (Phi) is 4.26. The van der Waals surface area contributed by atoms with E-state index in [0.29, 0.717) is 23.6 Å². The molecule has 7 nitrogen and oxygen atoms in total. The molecule has 0 amide bonds. The summed E-state index contributed by atoms with van der Waals surface area (Å²) in [5.41, 5.74) is 0.299. The topological polar surface area (TPSA) is 108 Å². The lowest BCUT2D eigenvalue weighted by Gasteiger charge is -2.06. The molecule has 110 valence electrons. The van der Waals surface area contributed by atoms with Crippen molar-refractivity contribution in [2.75, 3.05) is 6.54 Å². The molecule has 0 bridgehead atoms. The Labute approximate surface area is 117 Å². The summed E-state index contributed by atoms with van der Waals surface area (Å²) >= 11 is 0. The lowest BCUT2D eigenvalue weighted by Crippen LogP contribution is -2.27. The van der Waals surface area contributed by atoms with Gasteiger partial charge in [-0.05, 0) is 13.8 Å². The number of imidazole rings is 1. The number of aryl methyl sites for hydroxylation is 2.